The van der Waals surface area contributed by atoms with Gasteiger partial charge in [-0.05, 0) is 12.1 Å². The SMILES string of the molecule is O=[N+]([O-])c1cc2cc(O)cc(S)c2s1. The van der Waals surface area contributed by atoms with Crippen LogP contribution in [0, 0.1) is 10.1 Å². The highest BCUT2D eigenvalue weighted by Gasteiger charge is 2.13. The fourth-order valence-corrected chi connectivity index (χ4v) is 2.46. The first kappa shape index (κ1) is 9.29. The minimum atomic E-state index is -0.449. The zero-order chi connectivity index (χ0) is 10.3. The summed E-state index contributed by atoms with van der Waals surface area (Å²) in [5.41, 5.74) is 0. The number of fused-ring (bicyclic) bond motifs is 1. The van der Waals surface area contributed by atoms with Gasteiger partial charge in [0.2, 0.25) is 0 Å². The van der Waals surface area contributed by atoms with Gasteiger partial charge in [0, 0.05) is 16.3 Å². The second kappa shape index (κ2) is 3.14. The van der Waals surface area contributed by atoms with Gasteiger partial charge < -0.3 is 5.11 Å². The average molecular weight is 227 g/mol. The third-order valence-corrected chi connectivity index (χ3v) is 3.39. The largest absolute Gasteiger partial charge is 0.508 e. The lowest BCUT2D eigenvalue weighted by atomic mass is 10.2. The van der Waals surface area contributed by atoms with E-state index in [-0.39, 0.29) is 10.8 Å². The van der Waals surface area contributed by atoms with Crippen LogP contribution in [0.4, 0.5) is 5.00 Å². The molecule has 2 rings (SSSR count). The smallest absolute Gasteiger partial charge is 0.325 e. The summed E-state index contributed by atoms with van der Waals surface area (Å²) in [5.74, 6) is 0.0650. The molecule has 0 saturated carbocycles. The normalized spacial score (nSPS) is 10.6. The predicted molar refractivity (Wildman–Crippen MR) is 57.4 cm³/mol. The number of aromatic hydroxyl groups is 1. The minimum absolute atomic E-state index is 0.0564. The molecule has 14 heavy (non-hydrogen) atoms. The van der Waals surface area contributed by atoms with Crippen molar-refractivity contribution in [3.8, 4) is 5.75 Å². The second-order valence-electron chi connectivity index (χ2n) is 2.72. The molecule has 72 valence electrons. The number of rotatable bonds is 1. The zero-order valence-corrected chi connectivity index (χ0v) is 8.51. The molecule has 4 nitrogen and oxygen atoms in total. The molecule has 1 heterocycles. The van der Waals surface area contributed by atoms with Crippen molar-refractivity contribution in [3.05, 3.63) is 28.3 Å². The lowest BCUT2D eigenvalue weighted by molar-refractivity contribution is -0.380. The molecule has 0 spiro atoms. The number of nitro groups is 1. The van der Waals surface area contributed by atoms with Gasteiger partial charge in [0.1, 0.15) is 5.75 Å². The number of nitrogens with zero attached hydrogens (tertiary/aromatic N) is 1. The molecule has 1 N–H and O–H groups in total. The Kier molecular flexibility index (Phi) is 2.09. The van der Waals surface area contributed by atoms with E-state index in [4.69, 9.17) is 0 Å². The molecular weight excluding hydrogens is 222 g/mol. The van der Waals surface area contributed by atoms with Gasteiger partial charge in [0.25, 0.3) is 0 Å². The third-order valence-electron chi connectivity index (χ3n) is 1.75. The summed E-state index contributed by atoms with van der Waals surface area (Å²) in [4.78, 5) is 10.6. The Morgan fingerprint density at radius 2 is 2.14 bits per heavy atom. The molecule has 0 unspecified atom stereocenters. The van der Waals surface area contributed by atoms with Gasteiger partial charge in [-0.2, -0.15) is 0 Å². The molecule has 0 aliphatic heterocycles. The van der Waals surface area contributed by atoms with Crippen LogP contribution in [0.5, 0.6) is 5.75 Å². The van der Waals surface area contributed by atoms with Crippen LogP contribution in [0.2, 0.25) is 0 Å². The minimum Gasteiger partial charge on any atom is -0.508 e. The molecule has 6 heteroatoms. The molecule has 0 aliphatic carbocycles. The average Bonchev–Trinajstić information content (AvgIpc) is 2.47. The van der Waals surface area contributed by atoms with Crippen LogP contribution >= 0.6 is 24.0 Å². The van der Waals surface area contributed by atoms with Crippen molar-refractivity contribution >= 4 is 39.1 Å². The van der Waals surface area contributed by atoms with E-state index < -0.39 is 4.92 Å². The van der Waals surface area contributed by atoms with Gasteiger partial charge in [-0.3, -0.25) is 10.1 Å². The zero-order valence-electron chi connectivity index (χ0n) is 6.80. The first-order valence-electron chi connectivity index (χ1n) is 3.68. The maximum absolute atomic E-state index is 10.5. The Labute approximate surface area is 88.4 Å². The molecule has 2 aromatic rings. The summed E-state index contributed by atoms with van der Waals surface area (Å²) < 4.78 is 0.720. The van der Waals surface area contributed by atoms with Gasteiger partial charge >= 0.3 is 5.00 Å². The predicted octanol–water partition coefficient (Wildman–Crippen LogP) is 2.80. The van der Waals surface area contributed by atoms with E-state index in [9.17, 15) is 15.2 Å². The van der Waals surface area contributed by atoms with Gasteiger partial charge in [-0.25, -0.2) is 0 Å². The molecule has 0 saturated heterocycles. The van der Waals surface area contributed by atoms with Crippen LogP contribution in [0.3, 0.4) is 0 Å². The van der Waals surface area contributed by atoms with E-state index in [0.717, 1.165) is 16.0 Å². The van der Waals surface area contributed by atoms with E-state index in [0.29, 0.717) is 10.3 Å². The summed E-state index contributed by atoms with van der Waals surface area (Å²) in [6, 6.07) is 4.38. The molecule has 0 amide bonds. The topological polar surface area (TPSA) is 63.4 Å². The fraction of sp³-hybridized carbons (Fsp3) is 0. The van der Waals surface area contributed by atoms with Crippen molar-refractivity contribution in [1.29, 1.82) is 0 Å². The Bertz CT molecular complexity index is 521. The molecule has 0 radical (unpaired) electrons. The molecule has 0 bridgehead atoms. The first-order chi connectivity index (χ1) is 6.58. The Balaban J connectivity index is 2.76. The Morgan fingerprint density at radius 1 is 1.43 bits per heavy atom. The van der Waals surface area contributed by atoms with Crippen molar-refractivity contribution in [2.75, 3.05) is 0 Å². The fourth-order valence-electron chi connectivity index (χ4n) is 1.20. The first-order valence-corrected chi connectivity index (χ1v) is 4.94. The number of hydrogen-bond acceptors (Lipinski definition) is 5. The van der Waals surface area contributed by atoms with Crippen molar-refractivity contribution < 1.29 is 10.0 Å². The van der Waals surface area contributed by atoms with Crippen molar-refractivity contribution in [1.82, 2.24) is 0 Å². The van der Waals surface area contributed by atoms with Crippen LogP contribution in [0.15, 0.2) is 23.1 Å². The number of thiophene rings is 1. The van der Waals surface area contributed by atoms with Crippen molar-refractivity contribution in [2.45, 2.75) is 4.90 Å². The van der Waals surface area contributed by atoms with E-state index in [1.807, 2.05) is 0 Å². The van der Waals surface area contributed by atoms with E-state index in [2.05, 4.69) is 12.6 Å². The Hall–Kier alpha value is -1.27. The van der Waals surface area contributed by atoms with Gasteiger partial charge in [0.05, 0.1) is 9.62 Å². The van der Waals surface area contributed by atoms with Gasteiger partial charge in [0.15, 0.2) is 0 Å². The number of benzene rings is 1. The number of hydrogen-bond donors (Lipinski definition) is 2. The summed E-state index contributed by atoms with van der Waals surface area (Å²) >= 11 is 5.18. The summed E-state index contributed by atoms with van der Waals surface area (Å²) in [6.07, 6.45) is 0. The second-order valence-corrected chi connectivity index (χ2v) is 4.24. The van der Waals surface area contributed by atoms with Crippen LogP contribution in [-0.2, 0) is 0 Å². The summed E-state index contributed by atoms with van der Waals surface area (Å²) in [7, 11) is 0. The number of phenols is 1. The van der Waals surface area contributed by atoms with Crippen LogP contribution < -0.4 is 0 Å². The standard InChI is InChI=1S/C8H5NO3S2/c10-5-1-4-2-7(9(11)12)14-8(4)6(13)3-5/h1-3,10,13H. The van der Waals surface area contributed by atoms with Crippen LogP contribution in [0.1, 0.15) is 0 Å². The molecule has 0 fully saturated rings. The van der Waals surface area contributed by atoms with E-state index in [1.165, 1.54) is 18.2 Å². The van der Waals surface area contributed by atoms with Crippen LogP contribution in [0.25, 0.3) is 10.1 Å². The quantitative estimate of drug-likeness (QED) is 0.447. The maximum atomic E-state index is 10.5. The molecular formula is C8H5NO3S2. The third kappa shape index (κ3) is 1.42. The number of phenolic OH excluding ortho intramolecular Hbond substituents is 1. The van der Waals surface area contributed by atoms with Gasteiger partial charge in [-0.1, -0.05) is 11.3 Å². The number of thiol groups is 1. The van der Waals surface area contributed by atoms with Crippen molar-refractivity contribution in [3.63, 3.8) is 0 Å². The Morgan fingerprint density at radius 3 is 2.79 bits per heavy atom. The van der Waals surface area contributed by atoms with Crippen molar-refractivity contribution in [2.24, 2.45) is 0 Å². The lowest BCUT2D eigenvalue weighted by Crippen LogP contribution is -1.80. The van der Waals surface area contributed by atoms with Crippen LogP contribution in [-0.4, -0.2) is 10.0 Å². The lowest BCUT2D eigenvalue weighted by Gasteiger charge is -1.94. The van der Waals surface area contributed by atoms with E-state index in [1.54, 1.807) is 0 Å². The summed E-state index contributed by atoms with van der Waals surface area (Å²) in [5, 5.41) is 20.4. The van der Waals surface area contributed by atoms with E-state index >= 15 is 0 Å². The highest BCUT2D eigenvalue weighted by atomic mass is 32.1. The van der Waals surface area contributed by atoms with Gasteiger partial charge in [-0.15, -0.1) is 12.6 Å². The summed E-state index contributed by atoms with van der Waals surface area (Å²) in [6.45, 7) is 0. The monoisotopic (exact) mass is 227 g/mol. The highest BCUT2D eigenvalue weighted by molar-refractivity contribution is 7.80. The highest BCUT2D eigenvalue weighted by Crippen LogP contribution is 2.37. The molecule has 0 atom stereocenters. The molecule has 1 aromatic heterocycles. The maximum Gasteiger partial charge on any atom is 0.325 e. The molecule has 1 aromatic carbocycles. The molecule has 0 aliphatic rings.